The van der Waals surface area contributed by atoms with Gasteiger partial charge in [-0.25, -0.2) is 4.79 Å². The number of halogens is 1. The maximum Gasteiger partial charge on any atom is 0.407 e. The van der Waals surface area contributed by atoms with Crippen molar-refractivity contribution in [2.45, 2.75) is 52.7 Å². The number of rotatable bonds is 8. The summed E-state index contributed by atoms with van der Waals surface area (Å²) in [6.45, 7) is 11.5. The molecule has 25 heavy (non-hydrogen) atoms. The van der Waals surface area contributed by atoms with Gasteiger partial charge in [0.1, 0.15) is 5.60 Å². The summed E-state index contributed by atoms with van der Waals surface area (Å²) in [5.74, 6) is 2.25. The van der Waals surface area contributed by atoms with E-state index in [-0.39, 0.29) is 36.1 Å². The van der Waals surface area contributed by atoms with E-state index in [1.165, 1.54) is 0 Å². The topological polar surface area (TPSA) is 66.0 Å². The lowest BCUT2D eigenvalue weighted by molar-refractivity contribution is 0.0486. The summed E-state index contributed by atoms with van der Waals surface area (Å²) < 4.78 is 5.36. The molecule has 1 amide bonds. The summed E-state index contributed by atoms with van der Waals surface area (Å²) in [6.07, 6.45) is 2.56. The Balaban J connectivity index is 0. The quantitative estimate of drug-likeness (QED) is 0.237. The molecule has 0 bridgehead atoms. The monoisotopic (exact) mass is 488 g/mol. The lowest BCUT2D eigenvalue weighted by Gasteiger charge is -2.28. The van der Waals surface area contributed by atoms with Gasteiger partial charge in [-0.05, 0) is 39.4 Å². The Morgan fingerprint density at radius 3 is 2.36 bits per heavy atom. The number of aliphatic imine (C=N–C) groups is 1. The molecule has 1 unspecified atom stereocenters. The van der Waals surface area contributed by atoms with E-state index in [9.17, 15) is 4.79 Å². The summed E-state index contributed by atoms with van der Waals surface area (Å²) >= 11 is 1.80. The second kappa shape index (κ2) is 13.8. The predicted molar refractivity (Wildman–Crippen MR) is 120 cm³/mol. The number of nitrogens with one attached hydrogen (secondary N) is 2. The first-order valence-corrected chi connectivity index (χ1v) is 9.90. The molecule has 6 nitrogen and oxygen atoms in total. The van der Waals surface area contributed by atoms with E-state index in [0.29, 0.717) is 5.92 Å². The molecule has 0 fully saturated rings. The molecule has 0 aliphatic rings. The zero-order chi connectivity index (χ0) is 18.8. The summed E-state index contributed by atoms with van der Waals surface area (Å²) in [5, 5.41) is 6.32. The van der Waals surface area contributed by atoms with E-state index >= 15 is 0 Å². The molecule has 0 aliphatic carbocycles. The lowest BCUT2D eigenvalue weighted by atomic mass is 10.0. The number of carbonyl (C=O) groups excluding carboxylic acids is 1. The third kappa shape index (κ3) is 13.5. The third-order valence-corrected chi connectivity index (χ3v) is 4.06. The molecule has 0 aromatic rings. The van der Waals surface area contributed by atoms with Gasteiger partial charge in [-0.1, -0.05) is 13.8 Å². The first kappa shape index (κ1) is 26.8. The Bertz CT molecular complexity index is 401. The maximum absolute atomic E-state index is 12.0. The van der Waals surface area contributed by atoms with Gasteiger partial charge in [0.25, 0.3) is 0 Å². The largest absolute Gasteiger partial charge is 0.444 e. The Kier molecular flexibility index (Phi) is 14.8. The molecule has 0 aromatic heterocycles. The van der Waals surface area contributed by atoms with Gasteiger partial charge in [-0.2, -0.15) is 11.8 Å². The molecular formula is C17H37IN4O2S. The van der Waals surface area contributed by atoms with Crippen molar-refractivity contribution in [3.05, 3.63) is 0 Å². The third-order valence-electron chi connectivity index (χ3n) is 3.45. The number of ether oxygens (including phenoxy) is 1. The molecule has 0 aromatic carbocycles. The van der Waals surface area contributed by atoms with E-state index < -0.39 is 5.60 Å². The minimum atomic E-state index is -0.481. The molecule has 150 valence electrons. The van der Waals surface area contributed by atoms with E-state index in [2.05, 4.69) is 40.6 Å². The van der Waals surface area contributed by atoms with Crippen LogP contribution in [0.25, 0.3) is 0 Å². The number of carbonyl (C=O) groups is 1. The Morgan fingerprint density at radius 1 is 1.32 bits per heavy atom. The van der Waals surface area contributed by atoms with Gasteiger partial charge in [0.2, 0.25) is 0 Å². The molecule has 0 radical (unpaired) electrons. The molecule has 8 heteroatoms. The van der Waals surface area contributed by atoms with Crippen molar-refractivity contribution >= 4 is 47.8 Å². The summed E-state index contributed by atoms with van der Waals surface area (Å²) in [5.41, 5.74) is -0.481. The number of guanidine groups is 1. The van der Waals surface area contributed by atoms with Crippen LogP contribution in [0.2, 0.25) is 0 Å². The van der Waals surface area contributed by atoms with E-state index in [4.69, 9.17) is 4.74 Å². The standard InChI is InChI=1S/C17H36N4O2S.HI/c1-13(2)14(20-16(22)23-17(3,4)5)9-11-21(7)15(18-6)19-10-12-24-8;/h13-14H,9-12H2,1-8H3,(H,18,19)(H,20,22);1H. The molecular weight excluding hydrogens is 451 g/mol. The highest BCUT2D eigenvalue weighted by Crippen LogP contribution is 2.11. The smallest absolute Gasteiger partial charge is 0.407 e. The fourth-order valence-corrected chi connectivity index (χ4v) is 2.43. The van der Waals surface area contributed by atoms with Crippen LogP contribution in [0.15, 0.2) is 4.99 Å². The van der Waals surface area contributed by atoms with Crippen molar-refractivity contribution < 1.29 is 9.53 Å². The second-order valence-electron chi connectivity index (χ2n) is 7.17. The molecule has 0 aliphatic heterocycles. The Hall–Kier alpha value is -0.380. The van der Waals surface area contributed by atoms with Gasteiger partial charge in [0, 0.05) is 39.0 Å². The van der Waals surface area contributed by atoms with Gasteiger partial charge >= 0.3 is 6.09 Å². The number of alkyl carbamates (subject to hydrolysis) is 1. The maximum atomic E-state index is 12.0. The Morgan fingerprint density at radius 2 is 1.92 bits per heavy atom. The van der Waals surface area contributed by atoms with Gasteiger partial charge < -0.3 is 20.3 Å². The molecule has 2 N–H and O–H groups in total. The average molecular weight is 488 g/mol. The zero-order valence-electron chi connectivity index (χ0n) is 17.0. The van der Waals surface area contributed by atoms with Crippen molar-refractivity contribution in [1.82, 2.24) is 15.5 Å². The molecule has 1 atom stereocenters. The first-order valence-electron chi connectivity index (χ1n) is 8.51. The number of thioether (sulfide) groups is 1. The van der Waals surface area contributed by atoms with E-state index in [1.54, 1.807) is 18.8 Å². The van der Waals surface area contributed by atoms with Crippen molar-refractivity contribution in [3.63, 3.8) is 0 Å². The fourth-order valence-electron chi connectivity index (χ4n) is 2.12. The molecule has 0 saturated heterocycles. The normalized spacial score (nSPS) is 13.1. The molecule has 0 heterocycles. The highest BCUT2D eigenvalue weighted by atomic mass is 127. The van der Waals surface area contributed by atoms with Crippen molar-refractivity contribution in [1.29, 1.82) is 0 Å². The van der Waals surface area contributed by atoms with Crippen LogP contribution >= 0.6 is 35.7 Å². The summed E-state index contributed by atoms with van der Waals surface area (Å²) in [6, 6.07) is 0.0617. The van der Waals surface area contributed by atoms with Crippen LogP contribution in [0.5, 0.6) is 0 Å². The van der Waals surface area contributed by atoms with Crippen molar-refractivity contribution in [3.8, 4) is 0 Å². The minimum Gasteiger partial charge on any atom is -0.444 e. The van der Waals surface area contributed by atoms with Gasteiger partial charge in [-0.3, -0.25) is 4.99 Å². The molecule has 0 rings (SSSR count). The zero-order valence-corrected chi connectivity index (χ0v) is 20.2. The van der Waals surface area contributed by atoms with Crippen LogP contribution < -0.4 is 10.6 Å². The SMILES string of the molecule is CN=C(NCCSC)N(C)CCC(NC(=O)OC(C)(C)C)C(C)C.I. The Labute approximate surface area is 175 Å². The number of hydrogen-bond acceptors (Lipinski definition) is 4. The van der Waals surface area contributed by atoms with E-state index in [0.717, 1.165) is 31.2 Å². The molecule has 0 saturated carbocycles. The van der Waals surface area contributed by atoms with Crippen molar-refractivity contribution in [2.24, 2.45) is 10.9 Å². The summed E-state index contributed by atoms with van der Waals surface area (Å²) in [4.78, 5) is 18.4. The lowest BCUT2D eigenvalue weighted by Crippen LogP contribution is -2.45. The minimum absolute atomic E-state index is 0. The van der Waals surface area contributed by atoms with Crippen molar-refractivity contribution in [2.75, 3.05) is 39.2 Å². The predicted octanol–water partition coefficient (Wildman–Crippen LogP) is 3.41. The second-order valence-corrected chi connectivity index (χ2v) is 8.16. The molecule has 0 spiro atoms. The van der Waals surface area contributed by atoms with Gasteiger partial charge in [0.05, 0.1) is 0 Å². The average Bonchev–Trinajstić information content (AvgIpc) is 2.45. The van der Waals surface area contributed by atoms with Crippen LogP contribution in [0.1, 0.15) is 41.0 Å². The van der Waals surface area contributed by atoms with Crippen LogP contribution in [-0.2, 0) is 4.74 Å². The number of nitrogens with zero attached hydrogens (tertiary/aromatic N) is 2. The van der Waals surface area contributed by atoms with Gasteiger partial charge in [-0.15, -0.1) is 24.0 Å². The van der Waals surface area contributed by atoms with Crippen LogP contribution in [0, 0.1) is 5.92 Å². The highest BCUT2D eigenvalue weighted by Gasteiger charge is 2.22. The number of hydrogen-bond donors (Lipinski definition) is 2. The van der Waals surface area contributed by atoms with Gasteiger partial charge in [0.15, 0.2) is 5.96 Å². The van der Waals surface area contributed by atoms with Crippen LogP contribution in [0.4, 0.5) is 4.79 Å². The number of amides is 1. The van der Waals surface area contributed by atoms with Crippen LogP contribution in [-0.4, -0.2) is 67.8 Å². The fraction of sp³-hybridized carbons (Fsp3) is 0.882. The summed E-state index contributed by atoms with van der Waals surface area (Å²) in [7, 11) is 3.80. The first-order chi connectivity index (χ1) is 11.1. The highest BCUT2D eigenvalue weighted by molar-refractivity contribution is 14.0. The van der Waals surface area contributed by atoms with Crippen LogP contribution in [0.3, 0.4) is 0 Å². The van der Waals surface area contributed by atoms with E-state index in [1.807, 2.05) is 27.8 Å².